The summed E-state index contributed by atoms with van der Waals surface area (Å²) < 4.78 is 0. The molecular weight excluding hydrogens is 242 g/mol. The predicted octanol–water partition coefficient (Wildman–Crippen LogP) is 4.34. The van der Waals surface area contributed by atoms with Crippen LogP contribution in [0.2, 0.25) is 0 Å². The Morgan fingerprint density at radius 1 is 1.17 bits per heavy atom. The first-order valence-corrected chi connectivity index (χ1v) is 6.71. The van der Waals surface area contributed by atoms with Crippen molar-refractivity contribution in [3.8, 4) is 15.5 Å². The second-order valence-corrected chi connectivity index (χ2v) is 6.20. The normalized spacial score (nSPS) is 12.2. The first kappa shape index (κ1) is 12.8. The molecule has 0 aliphatic carbocycles. The van der Waals surface area contributed by atoms with E-state index < -0.39 is 0 Å². The van der Waals surface area contributed by atoms with E-state index in [1.807, 2.05) is 57.2 Å². The summed E-state index contributed by atoms with van der Waals surface area (Å²) in [4.78, 5) is 5.48. The van der Waals surface area contributed by atoms with Crippen molar-refractivity contribution in [3.63, 3.8) is 0 Å². The van der Waals surface area contributed by atoms with E-state index in [2.05, 4.69) is 4.99 Å². The molecule has 0 unspecified atom stereocenters. The van der Waals surface area contributed by atoms with Gasteiger partial charge in [-0.15, -0.1) is 0 Å². The predicted molar refractivity (Wildman–Crippen MR) is 78.8 cm³/mol. The summed E-state index contributed by atoms with van der Waals surface area (Å²) in [5.74, 6) is 0. The van der Waals surface area contributed by atoms with Crippen LogP contribution < -0.4 is 0 Å². The largest absolute Gasteiger partial charge is 0.499 e. The Balaban J connectivity index is 2.31. The third-order valence-electron chi connectivity index (χ3n) is 2.39. The van der Waals surface area contributed by atoms with E-state index in [-0.39, 0.29) is 5.54 Å². The topological polar surface area (TPSA) is 32.6 Å². The van der Waals surface area contributed by atoms with E-state index in [0.717, 1.165) is 16.0 Å². The van der Waals surface area contributed by atoms with Gasteiger partial charge in [0.15, 0.2) is 5.06 Å². The SMILES string of the molecule is CC(C)(C)N=Cc1cc(-c2ccccc2)sc1O. The summed E-state index contributed by atoms with van der Waals surface area (Å²) >= 11 is 1.38. The zero-order chi connectivity index (χ0) is 13.2. The van der Waals surface area contributed by atoms with Gasteiger partial charge in [-0.05, 0) is 32.4 Å². The standard InChI is InChI=1S/C15H17NOS/c1-15(2,3)16-10-12-9-13(18-14(12)17)11-7-5-4-6-8-11/h4-10,17H,1-3H3. The highest BCUT2D eigenvalue weighted by Gasteiger charge is 2.10. The highest BCUT2D eigenvalue weighted by atomic mass is 32.1. The maximum atomic E-state index is 9.92. The fourth-order valence-corrected chi connectivity index (χ4v) is 2.37. The van der Waals surface area contributed by atoms with Crippen molar-refractivity contribution < 1.29 is 5.11 Å². The van der Waals surface area contributed by atoms with Crippen LogP contribution >= 0.6 is 11.3 Å². The second kappa shape index (κ2) is 4.94. The monoisotopic (exact) mass is 259 g/mol. The van der Waals surface area contributed by atoms with Gasteiger partial charge in [0.2, 0.25) is 0 Å². The van der Waals surface area contributed by atoms with Crippen LogP contribution in [0.3, 0.4) is 0 Å². The number of thiophene rings is 1. The maximum Gasteiger partial charge on any atom is 0.180 e. The Labute approximate surface area is 112 Å². The average Bonchev–Trinajstić information content (AvgIpc) is 2.68. The van der Waals surface area contributed by atoms with Gasteiger partial charge in [-0.25, -0.2) is 0 Å². The molecule has 2 aromatic rings. The van der Waals surface area contributed by atoms with Crippen LogP contribution in [0.15, 0.2) is 41.4 Å². The molecular formula is C15H17NOS. The Morgan fingerprint density at radius 2 is 1.83 bits per heavy atom. The summed E-state index contributed by atoms with van der Waals surface area (Å²) in [5.41, 5.74) is 1.78. The number of hydrogen-bond acceptors (Lipinski definition) is 3. The molecule has 0 aliphatic rings. The lowest BCUT2D eigenvalue weighted by atomic mass is 10.1. The molecule has 2 rings (SSSR count). The Kier molecular flexibility index (Phi) is 3.53. The van der Waals surface area contributed by atoms with E-state index in [1.54, 1.807) is 6.21 Å². The van der Waals surface area contributed by atoms with Crippen LogP contribution in [-0.2, 0) is 0 Å². The minimum Gasteiger partial charge on any atom is -0.499 e. The fraction of sp³-hybridized carbons (Fsp3) is 0.267. The number of aromatic hydroxyl groups is 1. The lowest BCUT2D eigenvalue weighted by molar-refractivity contribution is 0.490. The van der Waals surface area contributed by atoms with Gasteiger partial charge < -0.3 is 5.11 Å². The quantitative estimate of drug-likeness (QED) is 0.799. The summed E-state index contributed by atoms with van der Waals surface area (Å²) in [5, 5.41) is 10.2. The van der Waals surface area contributed by atoms with Crippen molar-refractivity contribution in [2.24, 2.45) is 4.99 Å². The van der Waals surface area contributed by atoms with Crippen LogP contribution in [0.4, 0.5) is 0 Å². The number of rotatable bonds is 2. The van der Waals surface area contributed by atoms with Crippen LogP contribution in [0.5, 0.6) is 5.06 Å². The first-order valence-electron chi connectivity index (χ1n) is 5.89. The molecule has 1 aromatic carbocycles. The fourth-order valence-electron chi connectivity index (χ4n) is 1.50. The molecule has 0 aliphatic heterocycles. The van der Waals surface area contributed by atoms with Gasteiger partial charge in [-0.2, -0.15) is 0 Å². The van der Waals surface area contributed by atoms with Crippen LogP contribution in [0, 0.1) is 0 Å². The lowest BCUT2D eigenvalue weighted by Crippen LogP contribution is -2.09. The molecule has 0 saturated carbocycles. The van der Waals surface area contributed by atoms with Crippen molar-refractivity contribution in [2.45, 2.75) is 26.3 Å². The molecule has 0 fully saturated rings. The third kappa shape index (κ3) is 3.20. The zero-order valence-electron chi connectivity index (χ0n) is 10.8. The molecule has 0 spiro atoms. The summed E-state index contributed by atoms with van der Waals surface area (Å²) in [7, 11) is 0. The van der Waals surface area contributed by atoms with Gasteiger partial charge in [-0.1, -0.05) is 41.7 Å². The molecule has 18 heavy (non-hydrogen) atoms. The average molecular weight is 259 g/mol. The van der Waals surface area contributed by atoms with Crippen molar-refractivity contribution in [2.75, 3.05) is 0 Å². The number of hydrogen-bond donors (Lipinski definition) is 1. The Morgan fingerprint density at radius 3 is 2.44 bits per heavy atom. The zero-order valence-corrected chi connectivity index (χ0v) is 11.7. The highest BCUT2D eigenvalue weighted by Crippen LogP contribution is 2.35. The molecule has 0 bridgehead atoms. The van der Waals surface area contributed by atoms with Gasteiger partial charge >= 0.3 is 0 Å². The maximum absolute atomic E-state index is 9.92. The highest BCUT2D eigenvalue weighted by molar-refractivity contribution is 7.17. The van der Waals surface area contributed by atoms with Gasteiger partial charge in [0, 0.05) is 16.7 Å². The van der Waals surface area contributed by atoms with Gasteiger partial charge in [0.1, 0.15) is 0 Å². The minimum atomic E-state index is -0.124. The van der Waals surface area contributed by atoms with Crippen molar-refractivity contribution in [1.29, 1.82) is 0 Å². The molecule has 2 nitrogen and oxygen atoms in total. The Hall–Kier alpha value is -1.61. The summed E-state index contributed by atoms with van der Waals surface area (Å²) in [6, 6.07) is 12.0. The molecule has 1 N–H and O–H groups in total. The molecule has 1 heterocycles. The summed E-state index contributed by atoms with van der Waals surface area (Å²) in [6.45, 7) is 6.10. The number of aliphatic imine (C=N–C) groups is 1. The van der Waals surface area contributed by atoms with Gasteiger partial charge in [0.25, 0.3) is 0 Å². The third-order valence-corrected chi connectivity index (χ3v) is 3.39. The van der Waals surface area contributed by atoms with Crippen molar-refractivity contribution in [3.05, 3.63) is 42.0 Å². The van der Waals surface area contributed by atoms with E-state index >= 15 is 0 Å². The van der Waals surface area contributed by atoms with Crippen molar-refractivity contribution in [1.82, 2.24) is 0 Å². The number of nitrogens with zero attached hydrogens (tertiary/aromatic N) is 1. The van der Waals surface area contributed by atoms with Gasteiger partial charge in [0.05, 0.1) is 5.54 Å². The minimum absolute atomic E-state index is 0.124. The molecule has 0 amide bonds. The molecule has 0 atom stereocenters. The second-order valence-electron chi connectivity index (χ2n) is 5.17. The van der Waals surface area contributed by atoms with Crippen LogP contribution in [-0.4, -0.2) is 16.9 Å². The van der Waals surface area contributed by atoms with Gasteiger partial charge in [-0.3, -0.25) is 4.99 Å². The number of benzene rings is 1. The first-order chi connectivity index (χ1) is 8.46. The summed E-state index contributed by atoms with van der Waals surface area (Å²) in [6.07, 6.45) is 1.75. The van der Waals surface area contributed by atoms with Crippen molar-refractivity contribution >= 4 is 17.6 Å². The molecule has 1 aromatic heterocycles. The molecule has 3 heteroatoms. The van der Waals surface area contributed by atoms with E-state index in [0.29, 0.717) is 5.06 Å². The van der Waals surface area contributed by atoms with Crippen LogP contribution in [0.1, 0.15) is 26.3 Å². The molecule has 0 radical (unpaired) electrons. The van der Waals surface area contributed by atoms with E-state index in [4.69, 9.17) is 0 Å². The molecule has 94 valence electrons. The lowest BCUT2D eigenvalue weighted by Gasteiger charge is -2.10. The van der Waals surface area contributed by atoms with E-state index in [9.17, 15) is 5.11 Å². The Bertz CT molecular complexity index is 550. The smallest absolute Gasteiger partial charge is 0.180 e. The van der Waals surface area contributed by atoms with Crippen LogP contribution in [0.25, 0.3) is 10.4 Å². The molecule has 0 saturated heterocycles. The van der Waals surface area contributed by atoms with E-state index in [1.165, 1.54) is 11.3 Å².